The Kier molecular flexibility index (Phi) is 11.7. The number of ether oxygens (including phenoxy) is 1. The quantitative estimate of drug-likeness (QED) is 0.154. The normalized spacial score (nSPS) is 20.2. The lowest BCUT2D eigenvalue weighted by Crippen LogP contribution is -2.62. The number of aromatic nitrogens is 4. The second-order valence-corrected chi connectivity index (χ2v) is 17.7. The topological polar surface area (TPSA) is 204 Å². The number of anilines is 2. The molecule has 4 saturated heterocycles. The number of piperazine rings is 1. The van der Waals surface area contributed by atoms with E-state index in [-0.39, 0.29) is 31.0 Å². The number of nitrogens with two attached hydrogens (primary N) is 1. The average Bonchev–Trinajstić information content (AvgIpc) is 3.83. The number of methoxy groups -OCH3 is 1. The van der Waals surface area contributed by atoms with Gasteiger partial charge in [-0.15, -0.1) is 0 Å². The average molecular weight is 899 g/mol. The molecule has 0 saturated carbocycles. The number of hydrogen-bond acceptors (Lipinski definition) is 14. The van der Waals surface area contributed by atoms with Gasteiger partial charge < -0.3 is 20.7 Å². The minimum atomic E-state index is -0.978. The molecular weight excluding hydrogens is 848 g/mol. The molecule has 0 unspecified atom stereocenters. The first-order chi connectivity index (χ1) is 32.0. The second kappa shape index (κ2) is 17.9. The Balaban J connectivity index is 0.684. The monoisotopic (exact) mass is 898 g/mol. The third-order valence-corrected chi connectivity index (χ3v) is 13.8. The molecule has 19 heteroatoms. The number of halogens is 1. The van der Waals surface area contributed by atoms with E-state index in [1.54, 1.807) is 12.1 Å². The fraction of sp³-hybridized carbons (Fsp3) is 0.404. The lowest BCUT2D eigenvalue weighted by Gasteiger charge is -2.48. The standard InChI is InChI=1S/C47H51FN12O6/c1-66-38-10-6-30(48)22-36(38)44(62)50-24-28-2-4-29(5-3-28)41-40-42(49)51-27-52-43(40)60(54-41)31-12-14-57(15-13-31)33-25-56(26-33)17-16-55-18-20-58(21-19-55)32-7-8-34-35(23-32)47(65)59(46(34)64)37-9-11-39(61)53-45(37)63/h2-8,10,22-23,27,31,33,37H,9,11-21,24-26H2,1H3,(H,50,62)(H2,49,51,52)(H,53,61,63)/t37-/m0/s1. The predicted octanol–water partition coefficient (Wildman–Crippen LogP) is 2.70. The minimum Gasteiger partial charge on any atom is -0.496 e. The van der Waals surface area contributed by atoms with Crippen LogP contribution in [0.25, 0.3) is 22.3 Å². The van der Waals surface area contributed by atoms with E-state index in [2.05, 4.69) is 40.2 Å². The van der Waals surface area contributed by atoms with Crippen molar-refractivity contribution in [2.45, 2.75) is 50.4 Å². The number of nitrogen functional groups attached to an aromatic ring is 1. The number of benzene rings is 3. The highest BCUT2D eigenvalue weighted by molar-refractivity contribution is 6.23. The zero-order valence-electron chi connectivity index (χ0n) is 36.6. The van der Waals surface area contributed by atoms with E-state index < -0.39 is 41.4 Å². The highest BCUT2D eigenvalue weighted by Crippen LogP contribution is 2.36. The number of carbonyl (C=O) groups excluding carboxylic acids is 5. The van der Waals surface area contributed by atoms with Crippen molar-refractivity contribution in [3.8, 4) is 17.0 Å². The van der Waals surface area contributed by atoms with E-state index in [0.29, 0.717) is 45.5 Å². The molecular formula is C47H51FN12O6. The zero-order valence-corrected chi connectivity index (χ0v) is 36.6. The molecule has 0 spiro atoms. The van der Waals surface area contributed by atoms with Crippen LogP contribution in [0.5, 0.6) is 5.75 Å². The Bertz CT molecular complexity index is 2730. The SMILES string of the molecule is COc1ccc(F)cc1C(=O)NCc1ccc(-c2nn(C3CCN(C4CN(CCN5CCN(c6ccc7c(c6)C(=O)N([C@H]6CCC(=O)NC6=O)C7=O)CC5)C4)CC3)c3ncnc(N)c23)cc1. The number of nitrogens with zero attached hydrogens (tertiary/aromatic N) is 9. The van der Waals surface area contributed by atoms with Gasteiger partial charge in [-0.3, -0.25) is 48.9 Å². The van der Waals surface area contributed by atoms with Crippen LogP contribution < -0.4 is 26.0 Å². The van der Waals surface area contributed by atoms with E-state index in [1.807, 2.05) is 35.0 Å². The van der Waals surface area contributed by atoms with E-state index in [4.69, 9.17) is 15.6 Å². The van der Waals surface area contributed by atoms with E-state index in [1.165, 1.54) is 25.6 Å². The number of likely N-dealkylation sites (tertiary alicyclic amines) is 2. The van der Waals surface area contributed by atoms with Crippen LogP contribution in [0.4, 0.5) is 15.9 Å². The van der Waals surface area contributed by atoms with E-state index in [9.17, 15) is 28.4 Å². The molecule has 10 rings (SSSR count). The van der Waals surface area contributed by atoms with Gasteiger partial charge in [0.25, 0.3) is 17.7 Å². The predicted molar refractivity (Wildman–Crippen MR) is 241 cm³/mol. The molecule has 5 aliphatic heterocycles. The van der Waals surface area contributed by atoms with Crippen molar-refractivity contribution >= 4 is 52.1 Å². The molecule has 1 atom stereocenters. The molecule has 5 aliphatic rings. The van der Waals surface area contributed by atoms with Crippen LogP contribution in [0.15, 0.2) is 67.0 Å². The molecule has 66 heavy (non-hydrogen) atoms. The first kappa shape index (κ1) is 43.1. The summed E-state index contributed by atoms with van der Waals surface area (Å²) in [5.74, 6) is -2.27. The third kappa shape index (κ3) is 8.22. The largest absolute Gasteiger partial charge is 0.496 e. The summed E-state index contributed by atoms with van der Waals surface area (Å²) in [6.07, 6.45) is 3.57. The third-order valence-electron chi connectivity index (χ3n) is 13.8. The van der Waals surface area contributed by atoms with Gasteiger partial charge in [0, 0.05) is 95.7 Å². The molecule has 7 heterocycles. The van der Waals surface area contributed by atoms with Crippen molar-refractivity contribution in [3.05, 3.63) is 95.1 Å². The summed E-state index contributed by atoms with van der Waals surface area (Å²) in [6.45, 7) is 9.59. The molecule has 5 amide bonds. The molecule has 4 fully saturated rings. The van der Waals surface area contributed by atoms with Crippen molar-refractivity contribution in [1.82, 2.24) is 50.0 Å². The number of carbonyl (C=O) groups is 5. The Morgan fingerprint density at radius 3 is 2.33 bits per heavy atom. The van der Waals surface area contributed by atoms with Crippen LogP contribution in [0, 0.1) is 5.82 Å². The molecule has 5 aromatic rings. The summed E-state index contributed by atoms with van der Waals surface area (Å²) >= 11 is 0. The van der Waals surface area contributed by atoms with Crippen molar-refractivity contribution in [2.24, 2.45) is 0 Å². The van der Waals surface area contributed by atoms with Gasteiger partial charge in [0.1, 0.15) is 35.4 Å². The molecule has 2 aromatic heterocycles. The number of amides is 5. The number of imide groups is 2. The zero-order chi connectivity index (χ0) is 45.6. The molecule has 3 aromatic carbocycles. The number of nitrogens with one attached hydrogen (secondary N) is 2. The van der Waals surface area contributed by atoms with E-state index >= 15 is 0 Å². The van der Waals surface area contributed by atoms with Gasteiger partial charge in [0.05, 0.1) is 35.2 Å². The summed E-state index contributed by atoms with van der Waals surface area (Å²) in [5, 5.41) is 10.9. The fourth-order valence-electron chi connectivity index (χ4n) is 9.99. The maximum Gasteiger partial charge on any atom is 0.262 e. The number of fused-ring (bicyclic) bond motifs is 2. The van der Waals surface area contributed by atoms with Gasteiger partial charge in [0.15, 0.2) is 5.65 Å². The van der Waals surface area contributed by atoms with Crippen LogP contribution in [0.2, 0.25) is 0 Å². The summed E-state index contributed by atoms with van der Waals surface area (Å²) in [6, 6.07) is 16.6. The van der Waals surface area contributed by atoms with Crippen LogP contribution >= 0.6 is 0 Å². The highest BCUT2D eigenvalue weighted by Gasteiger charge is 2.45. The van der Waals surface area contributed by atoms with Crippen LogP contribution in [-0.4, -0.2) is 154 Å². The van der Waals surface area contributed by atoms with Crippen LogP contribution in [0.1, 0.15) is 68.4 Å². The summed E-state index contributed by atoms with van der Waals surface area (Å²) < 4.78 is 21.1. The Morgan fingerprint density at radius 1 is 0.848 bits per heavy atom. The first-order valence-corrected chi connectivity index (χ1v) is 22.5. The van der Waals surface area contributed by atoms with Gasteiger partial charge in [-0.2, -0.15) is 5.10 Å². The maximum absolute atomic E-state index is 13.9. The summed E-state index contributed by atoms with van der Waals surface area (Å²) in [7, 11) is 1.44. The lowest BCUT2D eigenvalue weighted by molar-refractivity contribution is -0.136. The van der Waals surface area contributed by atoms with Crippen LogP contribution in [-0.2, 0) is 16.1 Å². The minimum absolute atomic E-state index is 0.0880. The van der Waals surface area contributed by atoms with Crippen LogP contribution in [0.3, 0.4) is 0 Å². The molecule has 0 aliphatic carbocycles. The van der Waals surface area contributed by atoms with Crippen molar-refractivity contribution < 1.29 is 33.1 Å². The van der Waals surface area contributed by atoms with Gasteiger partial charge >= 0.3 is 0 Å². The number of hydrogen-bond donors (Lipinski definition) is 3. The van der Waals surface area contributed by atoms with Gasteiger partial charge in [-0.05, 0) is 61.2 Å². The Hall–Kier alpha value is -6.83. The lowest BCUT2D eigenvalue weighted by atomic mass is 9.99. The van der Waals surface area contributed by atoms with Crippen molar-refractivity contribution in [2.75, 3.05) is 83.2 Å². The first-order valence-electron chi connectivity index (χ1n) is 22.5. The highest BCUT2D eigenvalue weighted by atomic mass is 19.1. The van der Waals surface area contributed by atoms with Gasteiger partial charge in [0.2, 0.25) is 11.8 Å². The number of piperidine rings is 2. The molecule has 0 bridgehead atoms. The smallest absolute Gasteiger partial charge is 0.262 e. The molecule has 18 nitrogen and oxygen atoms in total. The molecule has 0 radical (unpaired) electrons. The van der Waals surface area contributed by atoms with Crippen molar-refractivity contribution in [3.63, 3.8) is 0 Å². The molecule has 342 valence electrons. The Morgan fingerprint density at radius 2 is 1.59 bits per heavy atom. The fourth-order valence-corrected chi connectivity index (χ4v) is 9.99. The van der Waals surface area contributed by atoms with Gasteiger partial charge in [-0.25, -0.2) is 19.0 Å². The van der Waals surface area contributed by atoms with E-state index in [0.717, 1.165) is 106 Å². The number of rotatable bonds is 12. The van der Waals surface area contributed by atoms with Crippen molar-refractivity contribution in [1.29, 1.82) is 0 Å². The maximum atomic E-state index is 13.9. The molecule has 4 N–H and O–H groups in total. The second-order valence-electron chi connectivity index (χ2n) is 17.7. The van der Waals surface area contributed by atoms with Gasteiger partial charge in [-0.1, -0.05) is 24.3 Å². The summed E-state index contributed by atoms with van der Waals surface area (Å²) in [4.78, 5) is 83.2. The Labute approximate surface area is 379 Å². The summed E-state index contributed by atoms with van der Waals surface area (Å²) in [5.41, 5.74) is 11.2.